The molecule has 2 unspecified atom stereocenters. The SMILES string of the molecule is CCc1ccc(C(O)C(O)CC)cc1. The monoisotopic (exact) mass is 194 g/mol. The molecule has 2 heteroatoms. The molecule has 78 valence electrons. The summed E-state index contributed by atoms with van der Waals surface area (Å²) < 4.78 is 0. The Hall–Kier alpha value is -0.860. The summed E-state index contributed by atoms with van der Waals surface area (Å²) in [5, 5.41) is 19.2. The molecule has 1 aromatic carbocycles. The molecule has 14 heavy (non-hydrogen) atoms. The van der Waals surface area contributed by atoms with E-state index in [1.807, 2.05) is 31.2 Å². The van der Waals surface area contributed by atoms with Crippen LogP contribution in [0.2, 0.25) is 0 Å². The Kier molecular flexibility index (Phi) is 4.11. The fraction of sp³-hybridized carbons (Fsp3) is 0.500. The zero-order chi connectivity index (χ0) is 10.6. The van der Waals surface area contributed by atoms with Crippen molar-refractivity contribution in [2.45, 2.75) is 38.9 Å². The molecule has 0 fully saturated rings. The lowest BCUT2D eigenvalue weighted by atomic mass is 10.0. The number of benzene rings is 1. The van der Waals surface area contributed by atoms with Gasteiger partial charge in [0.15, 0.2) is 0 Å². The standard InChI is InChI=1S/C12H18O2/c1-3-9-5-7-10(8-6-9)12(14)11(13)4-2/h5-8,11-14H,3-4H2,1-2H3. The topological polar surface area (TPSA) is 40.5 Å². The van der Waals surface area contributed by atoms with Gasteiger partial charge in [0.2, 0.25) is 0 Å². The largest absolute Gasteiger partial charge is 0.390 e. The molecule has 0 bridgehead atoms. The summed E-state index contributed by atoms with van der Waals surface area (Å²) in [7, 11) is 0. The molecule has 0 aromatic heterocycles. The fourth-order valence-corrected chi connectivity index (χ4v) is 1.40. The van der Waals surface area contributed by atoms with Crippen LogP contribution < -0.4 is 0 Å². The van der Waals surface area contributed by atoms with Crippen LogP contribution in [0, 0.1) is 0 Å². The summed E-state index contributed by atoms with van der Waals surface area (Å²) in [6, 6.07) is 7.73. The van der Waals surface area contributed by atoms with E-state index in [4.69, 9.17) is 0 Å². The lowest BCUT2D eigenvalue weighted by Crippen LogP contribution is -2.16. The van der Waals surface area contributed by atoms with Gasteiger partial charge in [-0.3, -0.25) is 0 Å². The molecule has 0 aliphatic carbocycles. The van der Waals surface area contributed by atoms with Crippen molar-refractivity contribution in [3.63, 3.8) is 0 Å². The molecule has 0 radical (unpaired) electrons. The van der Waals surface area contributed by atoms with Crippen LogP contribution in [0.25, 0.3) is 0 Å². The molecular formula is C12H18O2. The minimum atomic E-state index is -0.758. The lowest BCUT2D eigenvalue weighted by Gasteiger charge is -2.16. The van der Waals surface area contributed by atoms with Crippen molar-refractivity contribution in [1.82, 2.24) is 0 Å². The van der Waals surface area contributed by atoms with Crippen molar-refractivity contribution in [3.8, 4) is 0 Å². The maximum Gasteiger partial charge on any atom is 0.105 e. The second kappa shape index (κ2) is 5.13. The second-order valence-corrected chi connectivity index (χ2v) is 3.52. The van der Waals surface area contributed by atoms with Crippen LogP contribution >= 0.6 is 0 Å². The molecule has 2 N–H and O–H groups in total. The first kappa shape index (κ1) is 11.2. The van der Waals surface area contributed by atoms with Crippen molar-refractivity contribution in [1.29, 1.82) is 0 Å². The Bertz CT molecular complexity index is 266. The Balaban J connectivity index is 2.75. The van der Waals surface area contributed by atoms with E-state index in [-0.39, 0.29) is 0 Å². The van der Waals surface area contributed by atoms with Gasteiger partial charge in [-0.2, -0.15) is 0 Å². The van der Waals surface area contributed by atoms with Gasteiger partial charge in [-0.1, -0.05) is 38.1 Å². The first-order chi connectivity index (χ1) is 6.69. The number of rotatable bonds is 4. The van der Waals surface area contributed by atoms with Crippen LogP contribution in [-0.2, 0) is 6.42 Å². The molecule has 0 aliphatic heterocycles. The zero-order valence-corrected chi connectivity index (χ0v) is 8.77. The maximum atomic E-state index is 9.70. The lowest BCUT2D eigenvalue weighted by molar-refractivity contribution is 0.0165. The van der Waals surface area contributed by atoms with E-state index < -0.39 is 12.2 Å². The van der Waals surface area contributed by atoms with E-state index in [0.717, 1.165) is 12.0 Å². The van der Waals surface area contributed by atoms with Gasteiger partial charge >= 0.3 is 0 Å². The van der Waals surface area contributed by atoms with Gasteiger partial charge in [0.1, 0.15) is 6.10 Å². The Morgan fingerprint density at radius 3 is 2.07 bits per heavy atom. The van der Waals surface area contributed by atoms with Gasteiger partial charge in [-0.15, -0.1) is 0 Å². The third kappa shape index (κ3) is 2.56. The highest BCUT2D eigenvalue weighted by Gasteiger charge is 2.15. The van der Waals surface area contributed by atoms with Gasteiger partial charge in [0, 0.05) is 0 Å². The van der Waals surface area contributed by atoms with E-state index in [1.54, 1.807) is 0 Å². The number of aryl methyl sites for hydroxylation is 1. The van der Waals surface area contributed by atoms with E-state index in [2.05, 4.69) is 6.92 Å². The summed E-state index contributed by atoms with van der Waals surface area (Å²) >= 11 is 0. The highest BCUT2D eigenvalue weighted by Crippen LogP contribution is 2.19. The van der Waals surface area contributed by atoms with E-state index in [0.29, 0.717) is 6.42 Å². The van der Waals surface area contributed by atoms with Gasteiger partial charge in [-0.25, -0.2) is 0 Å². The third-order valence-electron chi connectivity index (χ3n) is 2.51. The Labute approximate surface area is 85.2 Å². The van der Waals surface area contributed by atoms with Gasteiger partial charge in [-0.05, 0) is 24.0 Å². The first-order valence-corrected chi connectivity index (χ1v) is 5.14. The summed E-state index contributed by atoms with van der Waals surface area (Å²) in [6.07, 6.45) is 0.136. The maximum absolute atomic E-state index is 9.70. The predicted molar refractivity (Wildman–Crippen MR) is 57.1 cm³/mol. The average molecular weight is 194 g/mol. The van der Waals surface area contributed by atoms with E-state index >= 15 is 0 Å². The highest BCUT2D eigenvalue weighted by molar-refractivity contribution is 5.24. The molecule has 1 rings (SSSR count). The quantitative estimate of drug-likeness (QED) is 0.770. The van der Waals surface area contributed by atoms with E-state index in [1.165, 1.54) is 5.56 Å². The molecule has 0 amide bonds. The third-order valence-corrected chi connectivity index (χ3v) is 2.51. The van der Waals surface area contributed by atoms with Crippen LogP contribution in [0.5, 0.6) is 0 Å². The van der Waals surface area contributed by atoms with Crippen LogP contribution in [0.4, 0.5) is 0 Å². The molecule has 0 saturated heterocycles. The molecule has 2 nitrogen and oxygen atoms in total. The molecule has 1 aromatic rings. The molecule has 0 saturated carbocycles. The Morgan fingerprint density at radius 2 is 1.64 bits per heavy atom. The van der Waals surface area contributed by atoms with Crippen molar-refractivity contribution >= 4 is 0 Å². The number of hydrogen-bond donors (Lipinski definition) is 2. The van der Waals surface area contributed by atoms with Crippen molar-refractivity contribution in [2.24, 2.45) is 0 Å². The predicted octanol–water partition coefficient (Wildman–Crippen LogP) is 2.05. The molecule has 0 aliphatic rings. The van der Waals surface area contributed by atoms with E-state index in [9.17, 15) is 10.2 Å². The summed E-state index contributed by atoms with van der Waals surface area (Å²) in [5.74, 6) is 0. The summed E-state index contributed by atoms with van der Waals surface area (Å²) in [4.78, 5) is 0. The average Bonchev–Trinajstić information content (AvgIpc) is 2.27. The molecule has 2 atom stereocenters. The normalized spacial score (nSPS) is 15.1. The number of hydrogen-bond acceptors (Lipinski definition) is 2. The van der Waals surface area contributed by atoms with Crippen LogP contribution in [0.3, 0.4) is 0 Å². The molecule has 0 heterocycles. The van der Waals surface area contributed by atoms with Crippen molar-refractivity contribution in [2.75, 3.05) is 0 Å². The molecular weight excluding hydrogens is 176 g/mol. The minimum Gasteiger partial charge on any atom is -0.390 e. The van der Waals surface area contributed by atoms with Crippen LogP contribution in [0.1, 0.15) is 37.5 Å². The smallest absolute Gasteiger partial charge is 0.105 e. The van der Waals surface area contributed by atoms with Crippen LogP contribution in [0.15, 0.2) is 24.3 Å². The highest BCUT2D eigenvalue weighted by atomic mass is 16.3. The summed E-state index contributed by atoms with van der Waals surface area (Å²) in [6.45, 7) is 3.95. The zero-order valence-electron chi connectivity index (χ0n) is 8.77. The van der Waals surface area contributed by atoms with Crippen LogP contribution in [-0.4, -0.2) is 16.3 Å². The van der Waals surface area contributed by atoms with Gasteiger partial charge in [0.05, 0.1) is 6.10 Å². The number of aliphatic hydroxyl groups is 2. The summed E-state index contributed by atoms with van der Waals surface area (Å²) in [5.41, 5.74) is 2.03. The number of aliphatic hydroxyl groups excluding tert-OH is 2. The first-order valence-electron chi connectivity index (χ1n) is 5.14. The van der Waals surface area contributed by atoms with Crippen molar-refractivity contribution in [3.05, 3.63) is 35.4 Å². The van der Waals surface area contributed by atoms with Gasteiger partial charge in [0.25, 0.3) is 0 Å². The van der Waals surface area contributed by atoms with Crippen molar-refractivity contribution < 1.29 is 10.2 Å². The minimum absolute atomic E-state index is 0.566. The fourth-order valence-electron chi connectivity index (χ4n) is 1.40. The second-order valence-electron chi connectivity index (χ2n) is 3.52. The Morgan fingerprint density at radius 1 is 1.07 bits per heavy atom. The molecule has 0 spiro atoms. The van der Waals surface area contributed by atoms with Gasteiger partial charge < -0.3 is 10.2 Å².